The molecule has 3 rings (SSSR count). The fraction of sp³-hybridized carbons (Fsp3) is 0.304. The molecular weight excluding hydrogens is 442 g/mol. The Bertz CT molecular complexity index is 1290. The molecule has 1 unspecified atom stereocenters. The molecule has 0 spiro atoms. The lowest BCUT2D eigenvalue weighted by Crippen LogP contribution is -2.34. The van der Waals surface area contributed by atoms with E-state index in [0.717, 1.165) is 5.69 Å². The van der Waals surface area contributed by atoms with E-state index in [1.807, 2.05) is 30.3 Å². The van der Waals surface area contributed by atoms with E-state index in [2.05, 4.69) is 15.4 Å². The highest BCUT2D eigenvalue weighted by atomic mass is 32.2. The van der Waals surface area contributed by atoms with Gasteiger partial charge in [-0.3, -0.25) is 14.3 Å². The molecule has 0 fully saturated rings. The predicted molar refractivity (Wildman–Crippen MR) is 129 cm³/mol. The second-order valence-electron chi connectivity index (χ2n) is 8.09. The molecule has 0 saturated carbocycles. The number of anilines is 2. The molecular formula is C23H29N5O4S. The summed E-state index contributed by atoms with van der Waals surface area (Å²) in [6, 6.07) is 14.2. The SMILES string of the molecule is Cc1c(NC(C)C(=O)Nc2ccc(S(=O)(=O)NC(C)C)cc2)c(=O)n(-c2ccccc2)n1C. The lowest BCUT2D eigenvalue weighted by molar-refractivity contribution is -0.116. The molecule has 0 radical (unpaired) electrons. The van der Waals surface area contributed by atoms with E-state index in [-0.39, 0.29) is 22.4 Å². The standard InChI is InChI=1S/C23H29N5O4S/c1-15(2)26-33(31,32)20-13-11-18(12-14-20)25-22(29)16(3)24-21-17(4)27(5)28(23(21)30)19-9-7-6-8-10-19/h6-16,24,26H,1-5H3,(H,25,29). The lowest BCUT2D eigenvalue weighted by Gasteiger charge is -2.15. The summed E-state index contributed by atoms with van der Waals surface area (Å²) in [6.07, 6.45) is 0. The van der Waals surface area contributed by atoms with E-state index < -0.39 is 16.1 Å². The first-order valence-corrected chi connectivity index (χ1v) is 12.0. The summed E-state index contributed by atoms with van der Waals surface area (Å²) in [5, 5.41) is 5.76. The fourth-order valence-electron chi connectivity index (χ4n) is 3.36. The zero-order chi connectivity index (χ0) is 24.3. The molecule has 1 amide bonds. The highest BCUT2D eigenvalue weighted by Crippen LogP contribution is 2.17. The lowest BCUT2D eigenvalue weighted by atomic mass is 10.2. The minimum absolute atomic E-state index is 0.113. The van der Waals surface area contributed by atoms with Crippen LogP contribution in [0.1, 0.15) is 26.5 Å². The Kier molecular flexibility index (Phi) is 7.09. The summed E-state index contributed by atoms with van der Waals surface area (Å²) >= 11 is 0. The summed E-state index contributed by atoms with van der Waals surface area (Å²) in [6.45, 7) is 6.94. The molecule has 0 aliphatic carbocycles. The Balaban J connectivity index is 1.74. The van der Waals surface area contributed by atoms with Crippen LogP contribution in [0.4, 0.5) is 11.4 Å². The second kappa shape index (κ2) is 9.63. The van der Waals surface area contributed by atoms with Gasteiger partial charge in [0.05, 0.1) is 16.3 Å². The van der Waals surface area contributed by atoms with Crippen molar-refractivity contribution in [1.82, 2.24) is 14.1 Å². The van der Waals surface area contributed by atoms with Gasteiger partial charge in [-0.15, -0.1) is 0 Å². The maximum absolute atomic E-state index is 13.0. The molecule has 1 atom stereocenters. The van der Waals surface area contributed by atoms with Gasteiger partial charge < -0.3 is 10.6 Å². The van der Waals surface area contributed by atoms with Crippen molar-refractivity contribution in [3.63, 3.8) is 0 Å². The molecule has 3 N–H and O–H groups in total. The first-order valence-electron chi connectivity index (χ1n) is 10.5. The number of aromatic nitrogens is 2. The Morgan fingerprint density at radius 1 is 0.970 bits per heavy atom. The van der Waals surface area contributed by atoms with Crippen LogP contribution in [0.3, 0.4) is 0 Å². The average molecular weight is 472 g/mol. The van der Waals surface area contributed by atoms with Crippen molar-refractivity contribution >= 4 is 27.3 Å². The monoisotopic (exact) mass is 471 g/mol. The van der Waals surface area contributed by atoms with E-state index >= 15 is 0 Å². The second-order valence-corrected chi connectivity index (χ2v) is 9.81. The number of hydrogen-bond acceptors (Lipinski definition) is 5. The highest BCUT2D eigenvalue weighted by Gasteiger charge is 2.21. The Labute approximate surface area is 193 Å². The number of carbonyl (C=O) groups is 1. The third-order valence-corrected chi connectivity index (χ3v) is 6.81. The van der Waals surface area contributed by atoms with Gasteiger partial charge in [0.25, 0.3) is 5.56 Å². The molecule has 176 valence electrons. The minimum Gasteiger partial charge on any atom is -0.368 e. The first-order chi connectivity index (χ1) is 15.5. The van der Waals surface area contributed by atoms with Crippen LogP contribution in [0.25, 0.3) is 5.69 Å². The van der Waals surface area contributed by atoms with E-state index in [0.29, 0.717) is 17.1 Å². The summed E-state index contributed by atoms with van der Waals surface area (Å²) < 4.78 is 30.3. The van der Waals surface area contributed by atoms with Crippen molar-refractivity contribution in [2.24, 2.45) is 7.05 Å². The van der Waals surface area contributed by atoms with Crippen molar-refractivity contribution in [3.8, 4) is 5.69 Å². The minimum atomic E-state index is -3.61. The van der Waals surface area contributed by atoms with Crippen LogP contribution < -0.4 is 20.9 Å². The van der Waals surface area contributed by atoms with Crippen LogP contribution in [0.5, 0.6) is 0 Å². The van der Waals surface area contributed by atoms with Crippen LogP contribution in [-0.2, 0) is 21.9 Å². The van der Waals surface area contributed by atoms with E-state index in [4.69, 9.17) is 0 Å². The van der Waals surface area contributed by atoms with Gasteiger partial charge in [0.2, 0.25) is 15.9 Å². The zero-order valence-corrected chi connectivity index (χ0v) is 20.1. The van der Waals surface area contributed by atoms with Gasteiger partial charge in [0.1, 0.15) is 11.7 Å². The number of nitrogens with one attached hydrogen (secondary N) is 3. The maximum Gasteiger partial charge on any atom is 0.295 e. The van der Waals surface area contributed by atoms with Gasteiger partial charge >= 0.3 is 0 Å². The van der Waals surface area contributed by atoms with E-state index in [9.17, 15) is 18.0 Å². The third kappa shape index (κ3) is 5.35. The molecule has 0 bridgehead atoms. The van der Waals surface area contributed by atoms with Gasteiger partial charge in [-0.05, 0) is 64.1 Å². The third-order valence-electron chi connectivity index (χ3n) is 5.13. The first kappa shape index (κ1) is 24.3. The number of benzene rings is 2. The number of hydrogen-bond donors (Lipinski definition) is 3. The normalized spacial score (nSPS) is 12.5. The van der Waals surface area contributed by atoms with Crippen LogP contribution in [0, 0.1) is 6.92 Å². The quantitative estimate of drug-likeness (QED) is 0.467. The van der Waals surface area contributed by atoms with Gasteiger partial charge in [-0.1, -0.05) is 18.2 Å². The number of sulfonamides is 1. The Morgan fingerprint density at radius 3 is 2.15 bits per heavy atom. The smallest absolute Gasteiger partial charge is 0.295 e. The van der Waals surface area contributed by atoms with Gasteiger partial charge in [0, 0.05) is 18.8 Å². The topological polar surface area (TPSA) is 114 Å². The van der Waals surface area contributed by atoms with Crippen LogP contribution in [-0.4, -0.2) is 35.8 Å². The number of nitrogens with zero attached hydrogens (tertiary/aromatic N) is 2. The molecule has 10 heteroatoms. The Morgan fingerprint density at radius 2 is 1.58 bits per heavy atom. The zero-order valence-electron chi connectivity index (χ0n) is 19.3. The Hall–Kier alpha value is -3.37. The summed E-state index contributed by atoms with van der Waals surface area (Å²) in [7, 11) is -1.83. The van der Waals surface area contributed by atoms with Crippen molar-refractivity contribution in [2.75, 3.05) is 10.6 Å². The number of rotatable bonds is 8. The van der Waals surface area contributed by atoms with Crippen LogP contribution in [0.2, 0.25) is 0 Å². The molecule has 2 aromatic carbocycles. The molecule has 0 saturated heterocycles. The van der Waals surface area contributed by atoms with Gasteiger partial charge in [-0.25, -0.2) is 17.8 Å². The molecule has 33 heavy (non-hydrogen) atoms. The maximum atomic E-state index is 13.0. The number of para-hydroxylation sites is 1. The average Bonchev–Trinajstić information content (AvgIpc) is 2.97. The molecule has 1 aromatic heterocycles. The van der Waals surface area contributed by atoms with Crippen molar-refractivity contribution < 1.29 is 13.2 Å². The summed E-state index contributed by atoms with van der Waals surface area (Å²) in [5.41, 5.74) is 1.94. The predicted octanol–water partition coefficient (Wildman–Crippen LogP) is 2.61. The number of amides is 1. The van der Waals surface area contributed by atoms with E-state index in [1.54, 1.807) is 39.4 Å². The summed E-state index contributed by atoms with van der Waals surface area (Å²) in [4.78, 5) is 25.8. The van der Waals surface area contributed by atoms with Crippen LogP contribution in [0.15, 0.2) is 64.3 Å². The largest absolute Gasteiger partial charge is 0.368 e. The highest BCUT2D eigenvalue weighted by molar-refractivity contribution is 7.89. The molecule has 0 aliphatic rings. The van der Waals surface area contributed by atoms with Crippen molar-refractivity contribution in [2.45, 2.75) is 44.7 Å². The molecule has 9 nitrogen and oxygen atoms in total. The van der Waals surface area contributed by atoms with Gasteiger partial charge in [0.15, 0.2) is 0 Å². The van der Waals surface area contributed by atoms with Gasteiger partial charge in [-0.2, -0.15) is 0 Å². The molecule has 0 aliphatic heterocycles. The number of carbonyl (C=O) groups excluding carboxylic acids is 1. The summed E-state index contributed by atoms with van der Waals surface area (Å²) in [5.74, 6) is -0.361. The molecule has 3 aromatic rings. The van der Waals surface area contributed by atoms with Crippen molar-refractivity contribution in [1.29, 1.82) is 0 Å². The van der Waals surface area contributed by atoms with Crippen LogP contribution >= 0.6 is 0 Å². The fourth-order valence-corrected chi connectivity index (χ4v) is 4.61. The molecule has 1 heterocycles. The van der Waals surface area contributed by atoms with Crippen molar-refractivity contribution in [3.05, 3.63) is 70.6 Å². The van der Waals surface area contributed by atoms with E-state index in [1.165, 1.54) is 28.9 Å².